The van der Waals surface area contributed by atoms with Gasteiger partial charge in [0.25, 0.3) is 5.56 Å². The van der Waals surface area contributed by atoms with E-state index in [0.29, 0.717) is 6.61 Å². The lowest BCUT2D eigenvalue weighted by molar-refractivity contribution is 0.238. The summed E-state index contributed by atoms with van der Waals surface area (Å²) in [6, 6.07) is 18.0. The first-order valence-corrected chi connectivity index (χ1v) is 10.3. The highest BCUT2D eigenvalue weighted by Crippen LogP contribution is 2.16. The number of rotatable bonds is 7. The van der Waals surface area contributed by atoms with E-state index >= 15 is 0 Å². The molecule has 0 unspecified atom stereocenters. The van der Waals surface area contributed by atoms with Crippen LogP contribution in [0, 0.1) is 0 Å². The molecule has 3 aromatic rings. The zero-order valence-corrected chi connectivity index (χ0v) is 16.9. The minimum atomic E-state index is -0.0921. The maximum atomic E-state index is 12.6. The summed E-state index contributed by atoms with van der Waals surface area (Å²) < 4.78 is 7.45. The molecule has 1 saturated heterocycles. The van der Waals surface area contributed by atoms with Gasteiger partial charge in [0, 0.05) is 24.5 Å². The van der Waals surface area contributed by atoms with Gasteiger partial charge in [-0.1, -0.05) is 24.3 Å². The standard InChI is InChI=1S/C25H26N2O3/c28-23-9-5-20(6-10-23)3-4-21-13-16-27(25(29)19-21)22-7-11-24(12-8-22)30-18-17-26-14-1-2-15-26/h3-13,16,19,28H,1-2,14-15,17-18H2/b4-3+. The third-order valence-corrected chi connectivity index (χ3v) is 5.29. The van der Waals surface area contributed by atoms with E-state index in [1.807, 2.05) is 54.6 Å². The van der Waals surface area contributed by atoms with Crippen molar-refractivity contribution in [3.63, 3.8) is 0 Å². The number of hydrogen-bond acceptors (Lipinski definition) is 4. The van der Waals surface area contributed by atoms with Crippen molar-refractivity contribution in [2.45, 2.75) is 12.8 Å². The van der Waals surface area contributed by atoms with Crippen molar-refractivity contribution in [2.75, 3.05) is 26.2 Å². The van der Waals surface area contributed by atoms with Crippen LogP contribution >= 0.6 is 0 Å². The smallest absolute Gasteiger partial charge is 0.255 e. The quantitative estimate of drug-likeness (QED) is 0.644. The number of aromatic hydroxyl groups is 1. The second kappa shape index (κ2) is 9.46. The number of aromatic nitrogens is 1. The summed E-state index contributed by atoms with van der Waals surface area (Å²) >= 11 is 0. The molecule has 0 aliphatic carbocycles. The third kappa shape index (κ3) is 5.19. The number of ether oxygens (including phenoxy) is 1. The van der Waals surface area contributed by atoms with Gasteiger partial charge in [-0.15, -0.1) is 0 Å². The van der Waals surface area contributed by atoms with Crippen molar-refractivity contribution in [1.29, 1.82) is 0 Å². The molecule has 30 heavy (non-hydrogen) atoms. The maximum Gasteiger partial charge on any atom is 0.255 e. The Morgan fingerprint density at radius 1 is 0.900 bits per heavy atom. The highest BCUT2D eigenvalue weighted by molar-refractivity contribution is 5.69. The molecule has 0 bridgehead atoms. The van der Waals surface area contributed by atoms with Crippen LogP contribution in [0.2, 0.25) is 0 Å². The fraction of sp³-hybridized carbons (Fsp3) is 0.240. The Bertz CT molecular complexity index is 1050. The van der Waals surface area contributed by atoms with Crippen LogP contribution in [0.5, 0.6) is 11.5 Å². The minimum absolute atomic E-state index is 0.0921. The van der Waals surface area contributed by atoms with Crippen molar-refractivity contribution in [3.05, 3.63) is 88.3 Å². The Balaban J connectivity index is 1.38. The van der Waals surface area contributed by atoms with Gasteiger partial charge in [-0.2, -0.15) is 0 Å². The van der Waals surface area contributed by atoms with Crippen molar-refractivity contribution in [2.24, 2.45) is 0 Å². The lowest BCUT2D eigenvalue weighted by atomic mass is 10.1. The van der Waals surface area contributed by atoms with Gasteiger partial charge >= 0.3 is 0 Å². The summed E-state index contributed by atoms with van der Waals surface area (Å²) in [4.78, 5) is 15.0. The highest BCUT2D eigenvalue weighted by atomic mass is 16.5. The molecule has 1 aliphatic rings. The number of hydrogen-bond donors (Lipinski definition) is 1. The van der Waals surface area contributed by atoms with Gasteiger partial charge in [0.15, 0.2) is 0 Å². The zero-order valence-electron chi connectivity index (χ0n) is 16.9. The Morgan fingerprint density at radius 3 is 2.30 bits per heavy atom. The molecule has 1 aliphatic heterocycles. The van der Waals surface area contributed by atoms with Gasteiger partial charge in [0.2, 0.25) is 0 Å². The lowest BCUT2D eigenvalue weighted by Crippen LogP contribution is -2.25. The van der Waals surface area contributed by atoms with Gasteiger partial charge < -0.3 is 9.84 Å². The van der Waals surface area contributed by atoms with E-state index in [2.05, 4.69) is 4.90 Å². The number of benzene rings is 2. The van der Waals surface area contributed by atoms with E-state index in [0.717, 1.165) is 29.1 Å². The number of phenolic OH excluding ortho intramolecular Hbond substituents is 1. The van der Waals surface area contributed by atoms with Crippen LogP contribution in [0.3, 0.4) is 0 Å². The lowest BCUT2D eigenvalue weighted by Gasteiger charge is -2.15. The van der Waals surface area contributed by atoms with Crippen molar-refractivity contribution in [1.82, 2.24) is 9.47 Å². The van der Waals surface area contributed by atoms with Gasteiger partial charge in [-0.3, -0.25) is 14.3 Å². The molecule has 1 aromatic heterocycles. The topological polar surface area (TPSA) is 54.7 Å². The fourth-order valence-electron chi connectivity index (χ4n) is 3.59. The summed E-state index contributed by atoms with van der Waals surface area (Å²) in [5, 5.41) is 9.34. The number of likely N-dealkylation sites (tertiary alicyclic amines) is 1. The van der Waals surface area contributed by atoms with E-state index in [-0.39, 0.29) is 11.3 Å². The Hall–Kier alpha value is -3.31. The van der Waals surface area contributed by atoms with Crippen molar-refractivity contribution < 1.29 is 9.84 Å². The molecule has 0 amide bonds. The van der Waals surface area contributed by atoms with E-state index < -0.39 is 0 Å². The fourth-order valence-corrected chi connectivity index (χ4v) is 3.59. The average Bonchev–Trinajstić information content (AvgIpc) is 3.28. The molecular formula is C25H26N2O3. The molecule has 1 N–H and O–H groups in total. The van der Waals surface area contributed by atoms with Crippen LogP contribution in [-0.4, -0.2) is 40.8 Å². The van der Waals surface area contributed by atoms with Crippen LogP contribution in [0.15, 0.2) is 71.7 Å². The molecule has 0 radical (unpaired) electrons. The molecule has 2 aromatic carbocycles. The largest absolute Gasteiger partial charge is 0.508 e. The first kappa shape index (κ1) is 20.0. The van der Waals surface area contributed by atoms with Crippen LogP contribution in [-0.2, 0) is 0 Å². The van der Waals surface area contributed by atoms with Gasteiger partial charge in [-0.25, -0.2) is 0 Å². The molecule has 0 saturated carbocycles. The monoisotopic (exact) mass is 402 g/mol. The summed E-state index contributed by atoms with van der Waals surface area (Å²) in [5.41, 5.74) is 2.50. The predicted octanol–water partition coefficient (Wildman–Crippen LogP) is 4.19. The van der Waals surface area contributed by atoms with Crippen LogP contribution in [0.25, 0.3) is 17.8 Å². The number of phenols is 1. The van der Waals surface area contributed by atoms with E-state index in [1.165, 1.54) is 25.9 Å². The molecule has 154 valence electrons. The van der Waals surface area contributed by atoms with Crippen LogP contribution < -0.4 is 10.3 Å². The second-order valence-corrected chi connectivity index (χ2v) is 7.48. The summed E-state index contributed by atoms with van der Waals surface area (Å²) in [6.07, 6.45) is 8.15. The summed E-state index contributed by atoms with van der Waals surface area (Å²) in [7, 11) is 0. The Kier molecular flexibility index (Phi) is 6.30. The van der Waals surface area contributed by atoms with Crippen molar-refractivity contribution >= 4 is 12.2 Å². The highest BCUT2D eigenvalue weighted by Gasteiger charge is 2.10. The summed E-state index contributed by atoms with van der Waals surface area (Å²) in [6.45, 7) is 3.98. The molecule has 0 atom stereocenters. The minimum Gasteiger partial charge on any atom is -0.508 e. The first-order chi connectivity index (χ1) is 14.7. The summed E-state index contributed by atoms with van der Waals surface area (Å²) in [5.74, 6) is 1.05. The SMILES string of the molecule is O=c1cc(/C=C/c2ccc(O)cc2)ccn1-c1ccc(OCCN2CCCC2)cc1. The molecule has 4 rings (SSSR count). The molecular weight excluding hydrogens is 376 g/mol. The second-order valence-electron chi connectivity index (χ2n) is 7.48. The predicted molar refractivity (Wildman–Crippen MR) is 120 cm³/mol. The average molecular weight is 402 g/mol. The molecule has 5 heteroatoms. The van der Waals surface area contributed by atoms with Crippen LogP contribution in [0.4, 0.5) is 0 Å². The zero-order chi connectivity index (χ0) is 20.8. The number of nitrogens with zero attached hydrogens (tertiary/aromatic N) is 2. The Morgan fingerprint density at radius 2 is 1.60 bits per heavy atom. The molecule has 0 spiro atoms. The van der Waals surface area contributed by atoms with Gasteiger partial charge in [-0.05, 0) is 79.5 Å². The Labute approximate surface area is 176 Å². The van der Waals surface area contributed by atoms with E-state index in [4.69, 9.17) is 4.74 Å². The van der Waals surface area contributed by atoms with Crippen LogP contribution in [0.1, 0.15) is 24.0 Å². The molecule has 2 heterocycles. The van der Waals surface area contributed by atoms with Gasteiger partial charge in [0.1, 0.15) is 18.1 Å². The molecule has 1 fully saturated rings. The van der Waals surface area contributed by atoms with E-state index in [9.17, 15) is 9.90 Å². The normalized spacial score (nSPS) is 14.4. The van der Waals surface area contributed by atoms with E-state index in [1.54, 1.807) is 29.0 Å². The number of pyridine rings is 1. The molecule has 5 nitrogen and oxygen atoms in total. The third-order valence-electron chi connectivity index (χ3n) is 5.29. The van der Waals surface area contributed by atoms with Crippen molar-refractivity contribution in [3.8, 4) is 17.2 Å². The van der Waals surface area contributed by atoms with Gasteiger partial charge in [0.05, 0.1) is 0 Å². The first-order valence-electron chi connectivity index (χ1n) is 10.3. The maximum absolute atomic E-state index is 12.6.